The second kappa shape index (κ2) is 9.00. The van der Waals surface area contributed by atoms with Crippen molar-refractivity contribution in [3.05, 3.63) is 35.9 Å². The molecule has 2 unspecified atom stereocenters. The molecular formula is C16H22O5. The van der Waals surface area contributed by atoms with E-state index >= 15 is 0 Å². The zero-order chi connectivity index (χ0) is 15.7. The molecule has 0 bridgehead atoms. The van der Waals surface area contributed by atoms with E-state index in [0.29, 0.717) is 12.0 Å². The third-order valence-electron chi connectivity index (χ3n) is 3.03. The predicted octanol–water partition coefficient (Wildman–Crippen LogP) is 3.43. The summed E-state index contributed by atoms with van der Waals surface area (Å²) in [5.41, 5.74) is 0.509. The summed E-state index contributed by atoms with van der Waals surface area (Å²) in [4.78, 5) is 23.2. The van der Waals surface area contributed by atoms with Crippen LogP contribution in [0.1, 0.15) is 37.6 Å². The maximum Gasteiger partial charge on any atom is 0.508 e. The summed E-state index contributed by atoms with van der Waals surface area (Å²) < 4.78 is 15.1. The van der Waals surface area contributed by atoms with Gasteiger partial charge in [-0.25, -0.2) is 9.59 Å². The summed E-state index contributed by atoms with van der Waals surface area (Å²) in [6.07, 6.45) is -0.368. The van der Waals surface area contributed by atoms with E-state index in [4.69, 9.17) is 9.47 Å². The normalized spacial score (nSPS) is 13.1. The van der Waals surface area contributed by atoms with Gasteiger partial charge in [-0.3, -0.25) is 0 Å². The van der Waals surface area contributed by atoms with Gasteiger partial charge in [-0.05, 0) is 25.5 Å². The second-order valence-corrected chi connectivity index (χ2v) is 4.69. The minimum Gasteiger partial charge on any atom is -0.458 e. The van der Waals surface area contributed by atoms with Crippen LogP contribution in [0.2, 0.25) is 0 Å². The molecule has 0 aliphatic heterocycles. The molecule has 1 aromatic rings. The van der Waals surface area contributed by atoms with Gasteiger partial charge in [-0.15, -0.1) is 0 Å². The third kappa shape index (κ3) is 5.85. The highest BCUT2D eigenvalue weighted by Gasteiger charge is 2.22. The number of rotatable bonds is 7. The molecule has 0 saturated carbocycles. The zero-order valence-corrected chi connectivity index (χ0v) is 12.7. The van der Waals surface area contributed by atoms with Crippen LogP contribution in [-0.2, 0) is 14.2 Å². The molecule has 116 valence electrons. The Balaban J connectivity index is 2.50. The van der Waals surface area contributed by atoms with Crippen molar-refractivity contribution < 1.29 is 23.8 Å². The molecule has 2 atom stereocenters. The van der Waals surface area contributed by atoms with Crippen molar-refractivity contribution in [2.24, 2.45) is 5.92 Å². The number of hydrogen-bond donors (Lipinski definition) is 0. The summed E-state index contributed by atoms with van der Waals surface area (Å²) in [6, 6.07) is 8.81. The Labute approximate surface area is 125 Å². The average Bonchev–Trinajstić information content (AvgIpc) is 2.51. The number of hydrogen-bond acceptors (Lipinski definition) is 5. The van der Waals surface area contributed by atoms with E-state index in [2.05, 4.69) is 4.74 Å². The molecule has 0 radical (unpaired) electrons. The van der Waals surface area contributed by atoms with Crippen molar-refractivity contribution >= 4 is 12.1 Å². The molecular weight excluding hydrogens is 272 g/mol. The molecule has 0 heterocycles. The molecule has 0 aliphatic carbocycles. The quantitative estimate of drug-likeness (QED) is 0.721. The van der Waals surface area contributed by atoms with Crippen molar-refractivity contribution in [2.45, 2.75) is 33.3 Å². The molecule has 0 aromatic heterocycles. The summed E-state index contributed by atoms with van der Waals surface area (Å²) >= 11 is 0. The van der Waals surface area contributed by atoms with E-state index in [9.17, 15) is 9.59 Å². The van der Waals surface area contributed by atoms with E-state index in [1.165, 1.54) is 0 Å². The number of esters is 1. The van der Waals surface area contributed by atoms with Gasteiger partial charge in [0, 0.05) is 5.92 Å². The summed E-state index contributed by atoms with van der Waals surface area (Å²) in [5.74, 6) is -0.475. The van der Waals surface area contributed by atoms with E-state index in [0.717, 1.165) is 0 Å². The molecule has 0 fully saturated rings. The summed E-state index contributed by atoms with van der Waals surface area (Å²) in [5, 5.41) is 0. The van der Waals surface area contributed by atoms with Gasteiger partial charge in [0.1, 0.15) is 12.7 Å². The van der Waals surface area contributed by atoms with Gasteiger partial charge < -0.3 is 14.2 Å². The van der Waals surface area contributed by atoms with Crippen LogP contribution >= 0.6 is 0 Å². The van der Waals surface area contributed by atoms with Crippen LogP contribution in [0, 0.1) is 5.92 Å². The SMILES string of the molecule is CCOC(=O)OCC(C)C(CC)OC(=O)c1ccccc1. The van der Waals surface area contributed by atoms with Crippen LogP contribution in [0.5, 0.6) is 0 Å². The lowest BCUT2D eigenvalue weighted by molar-refractivity contribution is -0.00513. The average molecular weight is 294 g/mol. The fourth-order valence-electron chi connectivity index (χ4n) is 1.85. The maximum absolute atomic E-state index is 12.0. The predicted molar refractivity (Wildman–Crippen MR) is 78.1 cm³/mol. The molecule has 5 nitrogen and oxygen atoms in total. The second-order valence-electron chi connectivity index (χ2n) is 4.69. The number of ether oxygens (including phenoxy) is 3. The Morgan fingerprint density at radius 1 is 1.10 bits per heavy atom. The van der Waals surface area contributed by atoms with Crippen molar-refractivity contribution in [1.82, 2.24) is 0 Å². The molecule has 1 aromatic carbocycles. The highest BCUT2D eigenvalue weighted by Crippen LogP contribution is 2.15. The molecule has 0 N–H and O–H groups in total. The minimum absolute atomic E-state index is 0.105. The molecule has 0 spiro atoms. The first-order valence-electron chi connectivity index (χ1n) is 7.14. The van der Waals surface area contributed by atoms with Crippen molar-refractivity contribution in [3.8, 4) is 0 Å². The van der Waals surface area contributed by atoms with Gasteiger partial charge in [0.05, 0.1) is 12.2 Å². The van der Waals surface area contributed by atoms with Crippen LogP contribution in [0.15, 0.2) is 30.3 Å². The van der Waals surface area contributed by atoms with E-state index in [1.807, 2.05) is 19.9 Å². The van der Waals surface area contributed by atoms with Crippen molar-refractivity contribution in [3.63, 3.8) is 0 Å². The van der Waals surface area contributed by atoms with Gasteiger partial charge >= 0.3 is 12.1 Å². The van der Waals surface area contributed by atoms with Crippen LogP contribution in [-0.4, -0.2) is 31.4 Å². The van der Waals surface area contributed by atoms with Crippen LogP contribution < -0.4 is 0 Å². The van der Waals surface area contributed by atoms with E-state index in [-0.39, 0.29) is 31.2 Å². The van der Waals surface area contributed by atoms with Gasteiger partial charge in [-0.1, -0.05) is 32.0 Å². The van der Waals surface area contributed by atoms with Crippen LogP contribution in [0.3, 0.4) is 0 Å². The largest absolute Gasteiger partial charge is 0.508 e. The Bertz CT molecular complexity index is 443. The Morgan fingerprint density at radius 3 is 2.33 bits per heavy atom. The maximum atomic E-state index is 12.0. The topological polar surface area (TPSA) is 61.8 Å². The highest BCUT2D eigenvalue weighted by molar-refractivity contribution is 5.89. The van der Waals surface area contributed by atoms with Gasteiger partial charge in [0.15, 0.2) is 0 Å². The number of benzene rings is 1. The monoisotopic (exact) mass is 294 g/mol. The molecule has 21 heavy (non-hydrogen) atoms. The lowest BCUT2D eigenvalue weighted by Gasteiger charge is -2.22. The summed E-state index contributed by atoms with van der Waals surface area (Å²) in [6.45, 7) is 5.92. The van der Waals surface area contributed by atoms with Gasteiger partial charge in [0.2, 0.25) is 0 Å². The minimum atomic E-state index is -0.700. The van der Waals surface area contributed by atoms with E-state index < -0.39 is 6.16 Å². The van der Waals surface area contributed by atoms with E-state index in [1.54, 1.807) is 31.2 Å². The molecule has 1 rings (SSSR count). The number of carbonyl (C=O) groups excluding carboxylic acids is 2. The first-order chi connectivity index (χ1) is 10.1. The smallest absolute Gasteiger partial charge is 0.458 e. The lowest BCUT2D eigenvalue weighted by Crippen LogP contribution is -2.28. The molecule has 5 heteroatoms. The summed E-state index contributed by atoms with van der Waals surface area (Å²) in [7, 11) is 0. The van der Waals surface area contributed by atoms with Gasteiger partial charge in [-0.2, -0.15) is 0 Å². The Kier molecular flexibility index (Phi) is 7.29. The zero-order valence-electron chi connectivity index (χ0n) is 12.7. The molecule has 0 aliphatic rings. The standard InChI is InChI=1S/C16H22O5/c1-4-14(12(3)11-20-16(18)19-5-2)21-15(17)13-9-7-6-8-10-13/h6-10,12,14H,4-5,11H2,1-3H3. The third-order valence-corrected chi connectivity index (χ3v) is 3.03. The van der Waals surface area contributed by atoms with Gasteiger partial charge in [0.25, 0.3) is 0 Å². The lowest BCUT2D eigenvalue weighted by atomic mass is 10.0. The van der Waals surface area contributed by atoms with Crippen molar-refractivity contribution in [2.75, 3.05) is 13.2 Å². The van der Waals surface area contributed by atoms with Crippen LogP contribution in [0.25, 0.3) is 0 Å². The highest BCUT2D eigenvalue weighted by atomic mass is 16.7. The fourth-order valence-corrected chi connectivity index (χ4v) is 1.85. The fraction of sp³-hybridized carbons (Fsp3) is 0.500. The molecule has 0 saturated heterocycles. The molecule has 0 amide bonds. The van der Waals surface area contributed by atoms with Crippen LogP contribution in [0.4, 0.5) is 4.79 Å². The Morgan fingerprint density at radius 2 is 1.76 bits per heavy atom. The first kappa shape index (κ1) is 17.0. The Hall–Kier alpha value is -2.04. The number of carbonyl (C=O) groups is 2. The van der Waals surface area contributed by atoms with Crippen molar-refractivity contribution in [1.29, 1.82) is 0 Å². The first-order valence-corrected chi connectivity index (χ1v) is 7.14.